The Morgan fingerprint density at radius 1 is 1.24 bits per heavy atom. The highest BCUT2D eigenvalue weighted by atomic mass is 19.1. The van der Waals surface area contributed by atoms with E-state index < -0.39 is 0 Å². The van der Waals surface area contributed by atoms with Gasteiger partial charge in [-0.15, -0.1) is 0 Å². The Labute approximate surface area is 146 Å². The normalized spacial score (nSPS) is 11.6. The average molecular weight is 344 g/mol. The first-order valence-electron chi connectivity index (χ1n) is 7.92. The van der Waals surface area contributed by atoms with Crippen LogP contribution in [-0.4, -0.2) is 25.4 Å². The van der Waals surface area contributed by atoms with Gasteiger partial charge in [0.2, 0.25) is 0 Å². The molecule has 1 atom stereocenters. The second-order valence-electron chi connectivity index (χ2n) is 5.50. The van der Waals surface area contributed by atoms with E-state index in [0.29, 0.717) is 29.2 Å². The Balaban J connectivity index is 2.08. The smallest absolute Gasteiger partial charge is 0.161 e. The molecule has 2 rings (SSSR count). The lowest BCUT2D eigenvalue weighted by molar-refractivity contribution is 0.196. The number of aliphatic hydroxyl groups is 1. The van der Waals surface area contributed by atoms with Crippen molar-refractivity contribution in [2.45, 2.75) is 19.5 Å². The number of nitriles is 1. The molecule has 0 saturated heterocycles. The largest absolute Gasteiger partial charge is 0.493 e. The molecule has 0 fully saturated rings. The van der Waals surface area contributed by atoms with Gasteiger partial charge in [0.05, 0.1) is 25.3 Å². The van der Waals surface area contributed by atoms with Crippen LogP contribution >= 0.6 is 0 Å². The number of benzene rings is 2. The molecule has 0 aliphatic heterocycles. The average Bonchev–Trinajstić information content (AvgIpc) is 2.65. The molecule has 1 unspecified atom stereocenters. The van der Waals surface area contributed by atoms with Gasteiger partial charge in [0, 0.05) is 18.2 Å². The van der Waals surface area contributed by atoms with Gasteiger partial charge in [-0.1, -0.05) is 6.07 Å². The Hall–Kier alpha value is -2.62. The van der Waals surface area contributed by atoms with Crippen molar-refractivity contribution in [3.8, 4) is 17.6 Å². The number of hydrogen-bond acceptors (Lipinski definition) is 5. The second kappa shape index (κ2) is 9.02. The minimum atomic E-state index is -0.343. The fourth-order valence-electron chi connectivity index (χ4n) is 2.39. The number of methoxy groups -OCH3 is 1. The van der Waals surface area contributed by atoms with Crippen molar-refractivity contribution >= 4 is 0 Å². The molecule has 2 aromatic rings. The van der Waals surface area contributed by atoms with Crippen molar-refractivity contribution in [3.05, 3.63) is 58.9 Å². The first kappa shape index (κ1) is 18.7. The van der Waals surface area contributed by atoms with Gasteiger partial charge < -0.3 is 19.9 Å². The van der Waals surface area contributed by atoms with Crippen molar-refractivity contribution in [1.82, 2.24) is 5.32 Å². The number of halogens is 1. The van der Waals surface area contributed by atoms with E-state index in [-0.39, 0.29) is 25.1 Å². The molecular formula is C19H21FN2O3. The minimum Gasteiger partial charge on any atom is -0.493 e. The molecule has 25 heavy (non-hydrogen) atoms. The van der Waals surface area contributed by atoms with Crippen LogP contribution in [0.5, 0.6) is 11.5 Å². The minimum absolute atomic E-state index is 0.0640. The number of aliphatic hydroxyl groups excluding tert-OH is 1. The summed E-state index contributed by atoms with van der Waals surface area (Å²) in [7, 11) is 1.55. The Bertz CT molecular complexity index is 759. The molecule has 0 spiro atoms. The molecule has 0 amide bonds. The van der Waals surface area contributed by atoms with E-state index in [4.69, 9.17) is 19.8 Å². The fourth-order valence-corrected chi connectivity index (χ4v) is 2.39. The van der Waals surface area contributed by atoms with Crippen LogP contribution in [0.2, 0.25) is 0 Å². The quantitative estimate of drug-likeness (QED) is 0.770. The van der Waals surface area contributed by atoms with Crippen molar-refractivity contribution in [3.63, 3.8) is 0 Å². The summed E-state index contributed by atoms with van der Waals surface area (Å²) in [5, 5.41) is 21.0. The molecule has 0 aliphatic carbocycles. The van der Waals surface area contributed by atoms with E-state index in [1.807, 2.05) is 25.1 Å². The van der Waals surface area contributed by atoms with E-state index in [0.717, 1.165) is 5.56 Å². The van der Waals surface area contributed by atoms with Gasteiger partial charge in [-0.25, -0.2) is 4.39 Å². The van der Waals surface area contributed by atoms with Crippen LogP contribution in [0.25, 0.3) is 0 Å². The molecule has 5 nitrogen and oxygen atoms in total. The molecule has 2 N–H and O–H groups in total. The van der Waals surface area contributed by atoms with Gasteiger partial charge in [0.1, 0.15) is 12.4 Å². The van der Waals surface area contributed by atoms with Crippen molar-refractivity contribution in [2.24, 2.45) is 0 Å². The standard InChI is InChI=1S/C19H21FN2O3/c1-13(22-12-16-9-14(11-21)3-5-17(16)20)15-4-6-18(25-8-7-23)19(10-15)24-2/h3-6,9-10,13,22-23H,7-8,12H2,1-2H3. The van der Waals surface area contributed by atoms with Crippen LogP contribution in [0, 0.1) is 17.1 Å². The zero-order chi connectivity index (χ0) is 18.2. The predicted molar refractivity (Wildman–Crippen MR) is 91.9 cm³/mol. The molecule has 0 radical (unpaired) electrons. The summed E-state index contributed by atoms with van der Waals surface area (Å²) < 4.78 is 24.6. The molecule has 0 aliphatic rings. The molecular weight excluding hydrogens is 323 g/mol. The van der Waals surface area contributed by atoms with E-state index in [1.54, 1.807) is 19.2 Å². The third-order valence-corrected chi connectivity index (χ3v) is 3.81. The van der Waals surface area contributed by atoms with Crippen molar-refractivity contribution < 1.29 is 19.0 Å². The van der Waals surface area contributed by atoms with Crippen molar-refractivity contribution in [2.75, 3.05) is 20.3 Å². The fraction of sp³-hybridized carbons (Fsp3) is 0.316. The Morgan fingerprint density at radius 3 is 2.72 bits per heavy atom. The van der Waals surface area contributed by atoms with Crippen LogP contribution in [0.1, 0.15) is 29.7 Å². The summed E-state index contributed by atoms with van der Waals surface area (Å²) in [5.74, 6) is 0.779. The van der Waals surface area contributed by atoms with E-state index in [9.17, 15) is 4.39 Å². The molecule has 0 saturated carbocycles. The molecule has 132 valence electrons. The van der Waals surface area contributed by atoms with Crippen LogP contribution < -0.4 is 14.8 Å². The summed E-state index contributed by atoms with van der Waals surface area (Å²) >= 11 is 0. The summed E-state index contributed by atoms with van der Waals surface area (Å²) in [5.41, 5.74) is 1.82. The monoisotopic (exact) mass is 344 g/mol. The van der Waals surface area contributed by atoms with Crippen LogP contribution in [0.4, 0.5) is 4.39 Å². The van der Waals surface area contributed by atoms with Crippen LogP contribution in [0.15, 0.2) is 36.4 Å². The summed E-state index contributed by atoms with van der Waals surface area (Å²) in [6.45, 7) is 2.37. The lowest BCUT2D eigenvalue weighted by atomic mass is 10.1. The van der Waals surface area contributed by atoms with Crippen LogP contribution in [-0.2, 0) is 6.54 Å². The third-order valence-electron chi connectivity index (χ3n) is 3.81. The maximum Gasteiger partial charge on any atom is 0.161 e. The van der Waals surface area contributed by atoms with Gasteiger partial charge >= 0.3 is 0 Å². The SMILES string of the molecule is COc1cc(C(C)NCc2cc(C#N)ccc2F)ccc1OCCO. The van der Waals surface area contributed by atoms with Crippen LogP contribution in [0.3, 0.4) is 0 Å². The Morgan fingerprint density at radius 2 is 2.04 bits per heavy atom. The molecule has 0 bridgehead atoms. The molecule has 2 aromatic carbocycles. The van der Waals surface area contributed by atoms with E-state index in [2.05, 4.69) is 5.32 Å². The number of nitrogens with one attached hydrogen (secondary N) is 1. The van der Waals surface area contributed by atoms with Crippen molar-refractivity contribution in [1.29, 1.82) is 5.26 Å². The lowest BCUT2D eigenvalue weighted by Gasteiger charge is -2.17. The second-order valence-corrected chi connectivity index (χ2v) is 5.50. The lowest BCUT2D eigenvalue weighted by Crippen LogP contribution is -2.19. The first-order valence-corrected chi connectivity index (χ1v) is 7.92. The van der Waals surface area contributed by atoms with Gasteiger partial charge in [0.15, 0.2) is 11.5 Å². The van der Waals surface area contributed by atoms with Gasteiger partial charge in [-0.2, -0.15) is 5.26 Å². The zero-order valence-electron chi connectivity index (χ0n) is 14.3. The number of rotatable bonds is 8. The highest BCUT2D eigenvalue weighted by Gasteiger charge is 2.12. The molecule has 0 aromatic heterocycles. The number of nitrogens with zero attached hydrogens (tertiary/aromatic N) is 1. The first-order chi connectivity index (χ1) is 12.1. The van der Waals surface area contributed by atoms with Gasteiger partial charge in [-0.3, -0.25) is 0 Å². The molecule has 0 heterocycles. The summed E-state index contributed by atoms with van der Waals surface area (Å²) in [4.78, 5) is 0. The van der Waals surface area contributed by atoms with Gasteiger partial charge in [-0.05, 0) is 42.8 Å². The number of ether oxygens (including phenoxy) is 2. The molecule has 6 heteroatoms. The maximum absolute atomic E-state index is 13.8. The maximum atomic E-state index is 13.8. The van der Waals surface area contributed by atoms with E-state index >= 15 is 0 Å². The van der Waals surface area contributed by atoms with Gasteiger partial charge in [0.25, 0.3) is 0 Å². The topological polar surface area (TPSA) is 74.5 Å². The zero-order valence-corrected chi connectivity index (χ0v) is 14.3. The third kappa shape index (κ3) is 4.92. The Kier molecular flexibility index (Phi) is 6.75. The predicted octanol–water partition coefficient (Wildman–Crippen LogP) is 2.93. The highest BCUT2D eigenvalue weighted by Crippen LogP contribution is 2.30. The summed E-state index contributed by atoms with van der Waals surface area (Å²) in [6, 6.07) is 11.7. The van der Waals surface area contributed by atoms with E-state index in [1.165, 1.54) is 12.1 Å². The highest BCUT2D eigenvalue weighted by molar-refractivity contribution is 5.44. The number of hydrogen-bond donors (Lipinski definition) is 2. The summed E-state index contributed by atoms with van der Waals surface area (Å²) in [6.07, 6.45) is 0.